The van der Waals surface area contributed by atoms with Gasteiger partial charge in [-0.15, -0.1) is 11.3 Å². The van der Waals surface area contributed by atoms with Crippen LogP contribution in [0.4, 0.5) is 0 Å². The zero-order chi connectivity index (χ0) is 13.8. The fraction of sp³-hybridized carbons (Fsp3) is 0.333. The summed E-state index contributed by atoms with van der Waals surface area (Å²) in [7, 11) is 0. The molecule has 100 valence electrons. The maximum Gasteiger partial charge on any atom is 0.303 e. The molecule has 0 saturated carbocycles. The summed E-state index contributed by atoms with van der Waals surface area (Å²) in [6, 6.07) is 6.50. The molecule has 1 aromatic heterocycles. The average Bonchev–Trinajstić information content (AvgIpc) is 2.72. The van der Waals surface area contributed by atoms with Crippen LogP contribution in [0, 0.1) is 13.8 Å². The van der Waals surface area contributed by atoms with Crippen molar-refractivity contribution in [3.63, 3.8) is 0 Å². The molecule has 2 rings (SSSR count). The van der Waals surface area contributed by atoms with E-state index in [1.807, 2.05) is 5.38 Å². The van der Waals surface area contributed by atoms with E-state index in [1.165, 1.54) is 16.7 Å². The van der Waals surface area contributed by atoms with Gasteiger partial charge in [-0.25, -0.2) is 4.98 Å². The summed E-state index contributed by atoms with van der Waals surface area (Å²) in [5, 5.41) is 11.7. The molecule has 0 spiro atoms. The molecule has 0 aliphatic carbocycles. The Morgan fingerprint density at radius 1 is 1.26 bits per heavy atom. The Labute approximate surface area is 116 Å². The van der Waals surface area contributed by atoms with E-state index < -0.39 is 5.97 Å². The second-order valence-corrected chi connectivity index (χ2v) is 5.74. The average molecular weight is 275 g/mol. The number of nitrogens with zero attached hydrogens (tertiary/aromatic N) is 1. The Kier molecular flexibility index (Phi) is 4.32. The standard InChI is InChI=1S/C15H17NO2S/c1-10-5-11(2)7-12(6-10)8-14-16-13(9-19-14)3-4-15(17)18/h5-7,9H,3-4,8H2,1-2H3,(H,17,18). The molecule has 0 saturated heterocycles. The Morgan fingerprint density at radius 3 is 2.58 bits per heavy atom. The van der Waals surface area contributed by atoms with Crippen LogP contribution < -0.4 is 0 Å². The van der Waals surface area contributed by atoms with E-state index in [1.54, 1.807) is 11.3 Å². The second-order valence-electron chi connectivity index (χ2n) is 4.80. The summed E-state index contributed by atoms with van der Waals surface area (Å²) in [6.45, 7) is 4.19. The highest BCUT2D eigenvalue weighted by Crippen LogP contribution is 2.18. The lowest BCUT2D eigenvalue weighted by Crippen LogP contribution is -1.98. The van der Waals surface area contributed by atoms with E-state index in [4.69, 9.17) is 5.11 Å². The minimum Gasteiger partial charge on any atom is -0.481 e. The molecule has 3 nitrogen and oxygen atoms in total. The van der Waals surface area contributed by atoms with Crippen molar-refractivity contribution in [3.8, 4) is 0 Å². The van der Waals surface area contributed by atoms with Crippen LogP contribution in [0.5, 0.6) is 0 Å². The van der Waals surface area contributed by atoms with Crippen molar-refractivity contribution in [2.75, 3.05) is 0 Å². The lowest BCUT2D eigenvalue weighted by Gasteiger charge is -2.02. The molecule has 0 radical (unpaired) electrons. The highest BCUT2D eigenvalue weighted by molar-refractivity contribution is 7.09. The third-order valence-corrected chi connectivity index (χ3v) is 3.73. The van der Waals surface area contributed by atoms with Crippen molar-refractivity contribution in [3.05, 3.63) is 51.0 Å². The smallest absolute Gasteiger partial charge is 0.303 e. The van der Waals surface area contributed by atoms with E-state index in [0.717, 1.165) is 17.1 Å². The number of carboxylic acid groups (broad SMARTS) is 1. The zero-order valence-electron chi connectivity index (χ0n) is 11.1. The van der Waals surface area contributed by atoms with Gasteiger partial charge in [0.1, 0.15) is 0 Å². The van der Waals surface area contributed by atoms with Crippen molar-refractivity contribution < 1.29 is 9.90 Å². The van der Waals surface area contributed by atoms with E-state index in [-0.39, 0.29) is 6.42 Å². The molecule has 4 heteroatoms. The largest absolute Gasteiger partial charge is 0.481 e. The molecular formula is C15H17NO2S. The molecule has 19 heavy (non-hydrogen) atoms. The summed E-state index contributed by atoms with van der Waals surface area (Å²) in [5.74, 6) is -0.774. The van der Waals surface area contributed by atoms with Crippen molar-refractivity contribution in [1.82, 2.24) is 4.98 Å². The molecule has 0 fully saturated rings. The Morgan fingerprint density at radius 2 is 1.95 bits per heavy atom. The first-order valence-corrected chi connectivity index (χ1v) is 7.13. The molecule has 1 heterocycles. The Hall–Kier alpha value is -1.68. The second kappa shape index (κ2) is 5.97. The first kappa shape index (κ1) is 13.7. The first-order chi connectivity index (χ1) is 9.02. The maximum absolute atomic E-state index is 10.5. The molecule has 2 aromatic rings. The van der Waals surface area contributed by atoms with Gasteiger partial charge in [-0.1, -0.05) is 29.3 Å². The predicted octanol–water partition coefficient (Wildman–Crippen LogP) is 3.37. The topological polar surface area (TPSA) is 50.2 Å². The monoisotopic (exact) mass is 275 g/mol. The number of aryl methyl sites for hydroxylation is 3. The van der Waals surface area contributed by atoms with Gasteiger partial charge in [0, 0.05) is 18.2 Å². The number of benzene rings is 1. The van der Waals surface area contributed by atoms with Gasteiger partial charge in [0.2, 0.25) is 0 Å². The van der Waals surface area contributed by atoms with Crippen LogP contribution in [-0.2, 0) is 17.6 Å². The number of rotatable bonds is 5. The van der Waals surface area contributed by atoms with Gasteiger partial charge in [0.25, 0.3) is 0 Å². The summed E-state index contributed by atoms with van der Waals surface area (Å²) >= 11 is 1.60. The Balaban J connectivity index is 2.05. The summed E-state index contributed by atoms with van der Waals surface area (Å²) in [6.07, 6.45) is 1.48. The van der Waals surface area contributed by atoms with E-state index in [2.05, 4.69) is 37.0 Å². The van der Waals surface area contributed by atoms with Gasteiger partial charge in [0.05, 0.1) is 17.1 Å². The minimum atomic E-state index is -0.774. The fourth-order valence-electron chi connectivity index (χ4n) is 2.13. The molecule has 0 aliphatic heterocycles. The van der Waals surface area contributed by atoms with Gasteiger partial charge < -0.3 is 5.11 Å². The highest BCUT2D eigenvalue weighted by Gasteiger charge is 2.06. The molecular weight excluding hydrogens is 258 g/mol. The van der Waals surface area contributed by atoms with E-state index in [9.17, 15) is 4.79 Å². The number of carbonyl (C=O) groups is 1. The summed E-state index contributed by atoms with van der Waals surface area (Å²) in [4.78, 5) is 15.0. The summed E-state index contributed by atoms with van der Waals surface area (Å²) in [5.41, 5.74) is 4.67. The van der Waals surface area contributed by atoms with Crippen LogP contribution in [-0.4, -0.2) is 16.1 Å². The number of aliphatic carboxylic acids is 1. The summed E-state index contributed by atoms with van der Waals surface area (Å²) < 4.78 is 0. The lowest BCUT2D eigenvalue weighted by molar-refractivity contribution is -0.136. The van der Waals surface area contributed by atoms with Gasteiger partial charge >= 0.3 is 5.97 Å². The molecule has 0 aliphatic rings. The normalized spacial score (nSPS) is 10.6. The molecule has 1 aromatic carbocycles. The van der Waals surface area contributed by atoms with E-state index >= 15 is 0 Å². The van der Waals surface area contributed by atoms with Gasteiger partial charge in [-0.3, -0.25) is 4.79 Å². The highest BCUT2D eigenvalue weighted by atomic mass is 32.1. The Bertz CT molecular complexity index is 569. The maximum atomic E-state index is 10.5. The van der Waals surface area contributed by atoms with Crippen LogP contribution in [0.15, 0.2) is 23.6 Å². The fourth-order valence-corrected chi connectivity index (χ4v) is 2.99. The minimum absolute atomic E-state index is 0.146. The SMILES string of the molecule is Cc1cc(C)cc(Cc2nc(CCC(=O)O)cs2)c1. The van der Waals surface area contributed by atoms with Crippen molar-refractivity contribution >= 4 is 17.3 Å². The van der Waals surface area contributed by atoms with Crippen LogP contribution in [0.25, 0.3) is 0 Å². The third kappa shape index (κ3) is 4.17. The van der Waals surface area contributed by atoms with Gasteiger partial charge in [-0.05, 0) is 19.4 Å². The number of aromatic nitrogens is 1. The molecule has 0 unspecified atom stereocenters. The van der Waals surface area contributed by atoms with Crippen molar-refractivity contribution in [2.24, 2.45) is 0 Å². The van der Waals surface area contributed by atoms with Crippen molar-refractivity contribution in [2.45, 2.75) is 33.1 Å². The van der Waals surface area contributed by atoms with Crippen molar-refractivity contribution in [1.29, 1.82) is 0 Å². The number of carboxylic acids is 1. The zero-order valence-corrected chi connectivity index (χ0v) is 12.0. The lowest BCUT2D eigenvalue weighted by atomic mass is 10.1. The number of hydrogen-bond acceptors (Lipinski definition) is 3. The molecule has 0 atom stereocenters. The van der Waals surface area contributed by atoms with Crippen LogP contribution >= 0.6 is 11.3 Å². The van der Waals surface area contributed by atoms with E-state index in [0.29, 0.717) is 6.42 Å². The first-order valence-electron chi connectivity index (χ1n) is 6.25. The number of hydrogen-bond donors (Lipinski definition) is 1. The van der Waals surface area contributed by atoms with Gasteiger partial charge in [-0.2, -0.15) is 0 Å². The van der Waals surface area contributed by atoms with Crippen LogP contribution in [0.1, 0.15) is 33.8 Å². The van der Waals surface area contributed by atoms with Crippen LogP contribution in [0.3, 0.4) is 0 Å². The quantitative estimate of drug-likeness (QED) is 0.910. The molecule has 1 N–H and O–H groups in total. The van der Waals surface area contributed by atoms with Gasteiger partial charge in [0.15, 0.2) is 0 Å². The number of thiazole rings is 1. The molecule has 0 bridgehead atoms. The van der Waals surface area contributed by atoms with Crippen LogP contribution in [0.2, 0.25) is 0 Å². The third-order valence-electron chi connectivity index (χ3n) is 2.83. The molecule has 0 amide bonds. The predicted molar refractivity (Wildman–Crippen MR) is 76.8 cm³/mol.